The molecule has 0 aliphatic carbocycles. The van der Waals surface area contributed by atoms with Crippen LogP contribution in [-0.2, 0) is 0 Å². The number of furan rings is 1. The van der Waals surface area contributed by atoms with Gasteiger partial charge in [0.15, 0.2) is 11.3 Å². The zero-order valence-corrected chi connectivity index (χ0v) is 11.6. The number of rotatable bonds is 5. The molecule has 2 rings (SSSR count). The van der Waals surface area contributed by atoms with Crippen LogP contribution in [0.5, 0.6) is 5.75 Å². The smallest absolute Gasteiger partial charge is 0.176 e. The van der Waals surface area contributed by atoms with Gasteiger partial charge >= 0.3 is 0 Å². The number of para-hydroxylation sites is 1. The number of benzene rings is 1. The van der Waals surface area contributed by atoms with Gasteiger partial charge in [0.25, 0.3) is 0 Å². The molecule has 3 heteroatoms. The van der Waals surface area contributed by atoms with Crippen molar-refractivity contribution in [1.29, 1.82) is 0 Å². The van der Waals surface area contributed by atoms with E-state index in [1.807, 2.05) is 31.2 Å². The minimum Gasteiger partial charge on any atom is -0.493 e. The Bertz CT molecular complexity index is 594. The normalized spacial score (nSPS) is 14.0. The maximum atomic E-state index is 5.89. The van der Waals surface area contributed by atoms with Crippen molar-refractivity contribution in [3.63, 3.8) is 0 Å². The molecule has 3 nitrogen and oxygen atoms in total. The molecule has 0 saturated carbocycles. The fourth-order valence-corrected chi connectivity index (χ4v) is 2.10. The molecule has 1 N–H and O–H groups in total. The molecule has 1 aromatic heterocycles. The van der Waals surface area contributed by atoms with Gasteiger partial charge in [-0.3, -0.25) is 5.32 Å². The van der Waals surface area contributed by atoms with Gasteiger partial charge in [-0.05, 0) is 25.5 Å². The van der Waals surface area contributed by atoms with Gasteiger partial charge in [-0.2, -0.15) is 0 Å². The molecule has 0 amide bonds. The van der Waals surface area contributed by atoms with E-state index in [1.54, 1.807) is 7.11 Å². The van der Waals surface area contributed by atoms with Gasteiger partial charge in [0, 0.05) is 5.39 Å². The number of hydrogen-bond donors (Lipinski definition) is 1. The van der Waals surface area contributed by atoms with E-state index in [-0.39, 0.29) is 12.1 Å². The van der Waals surface area contributed by atoms with Crippen molar-refractivity contribution in [2.24, 2.45) is 0 Å². The Morgan fingerprint density at radius 1 is 1.47 bits per heavy atom. The Hall–Kier alpha value is -1.92. The molecule has 1 heterocycles. The van der Waals surface area contributed by atoms with Crippen LogP contribution in [0.2, 0.25) is 0 Å². The highest BCUT2D eigenvalue weighted by Crippen LogP contribution is 2.30. The van der Waals surface area contributed by atoms with Crippen LogP contribution in [-0.4, -0.2) is 13.2 Å². The maximum Gasteiger partial charge on any atom is 0.176 e. The lowest BCUT2D eigenvalue weighted by Crippen LogP contribution is -2.29. The highest BCUT2D eigenvalue weighted by molar-refractivity contribution is 5.83. The van der Waals surface area contributed by atoms with Crippen LogP contribution in [0.4, 0.5) is 0 Å². The first-order valence-corrected chi connectivity index (χ1v) is 6.48. The van der Waals surface area contributed by atoms with E-state index < -0.39 is 0 Å². The summed E-state index contributed by atoms with van der Waals surface area (Å²) in [5.41, 5.74) is 0.780. The number of ether oxygens (including phenoxy) is 1. The summed E-state index contributed by atoms with van der Waals surface area (Å²) in [6, 6.07) is 8.01. The molecular weight excluding hydrogens is 238 g/mol. The average molecular weight is 257 g/mol. The van der Waals surface area contributed by atoms with Crippen LogP contribution in [0.3, 0.4) is 0 Å². The first-order valence-electron chi connectivity index (χ1n) is 6.48. The van der Waals surface area contributed by atoms with E-state index in [9.17, 15) is 0 Å². The third-order valence-corrected chi connectivity index (χ3v) is 3.23. The van der Waals surface area contributed by atoms with Crippen LogP contribution in [0, 0.1) is 12.3 Å². The maximum absolute atomic E-state index is 5.89. The van der Waals surface area contributed by atoms with Crippen molar-refractivity contribution in [3.05, 3.63) is 30.0 Å². The van der Waals surface area contributed by atoms with Crippen molar-refractivity contribution in [2.45, 2.75) is 32.4 Å². The summed E-state index contributed by atoms with van der Waals surface area (Å²) >= 11 is 0. The van der Waals surface area contributed by atoms with Gasteiger partial charge in [-0.25, -0.2) is 0 Å². The number of nitrogens with one attached hydrogen (secondary N) is 1. The summed E-state index contributed by atoms with van der Waals surface area (Å²) < 4.78 is 11.2. The SMILES string of the molecule is C#CC(CC)NC(C)c1cc2cccc(OC)c2o1. The molecule has 0 radical (unpaired) electrons. The highest BCUT2D eigenvalue weighted by Gasteiger charge is 2.15. The van der Waals surface area contributed by atoms with Crippen LogP contribution >= 0.6 is 0 Å². The molecule has 0 aliphatic heterocycles. The fourth-order valence-electron chi connectivity index (χ4n) is 2.10. The molecule has 1 aromatic carbocycles. The Labute approximate surface area is 113 Å². The van der Waals surface area contributed by atoms with E-state index in [1.165, 1.54) is 0 Å². The molecular formula is C16H19NO2. The zero-order chi connectivity index (χ0) is 13.8. The van der Waals surface area contributed by atoms with Crippen molar-refractivity contribution >= 4 is 11.0 Å². The Kier molecular flexibility index (Phi) is 4.13. The van der Waals surface area contributed by atoms with Gasteiger partial charge in [0.05, 0.1) is 19.2 Å². The highest BCUT2D eigenvalue weighted by atomic mass is 16.5. The first-order chi connectivity index (χ1) is 9.19. The summed E-state index contributed by atoms with van der Waals surface area (Å²) in [5, 5.41) is 4.40. The van der Waals surface area contributed by atoms with E-state index in [4.69, 9.17) is 15.6 Å². The second kappa shape index (κ2) is 5.81. The lowest BCUT2D eigenvalue weighted by Gasteiger charge is -2.15. The summed E-state index contributed by atoms with van der Waals surface area (Å²) in [6.07, 6.45) is 6.36. The largest absolute Gasteiger partial charge is 0.493 e. The molecule has 2 unspecified atom stereocenters. The zero-order valence-electron chi connectivity index (χ0n) is 11.6. The average Bonchev–Trinajstić information content (AvgIpc) is 2.88. The monoisotopic (exact) mass is 257 g/mol. The second-order valence-corrected chi connectivity index (χ2v) is 4.54. The Balaban J connectivity index is 2.28. The molecule has 2 atom stereocenters. The quantitative estimate of drug-likeness (QED) is 0.832. The summed E-state index contributed by atoms with van der Waals surface area (Å²) in [5.74, 6) is 4.35. The summed E-state index contributed by atoms with van der Waals surface area (Å²) in [7, 11) is 1.64. The molecule has 0 bridgehead atoms. The number of hydrogen-bond acceptors (Lipinski definition) is 3. The second-order valence-electron chi connectivity index (χ2n) is 4.54. The number of fused-ring (bicyclic) bond motifs is 1. The topological polar surface area (TPSA) is 34.4 Å². The lowest BCUT2D eigenvalue weighted by molar-refractivity contribution is 0.395. The first kappa shape index (κ1) is 13.5. The predicted octanol–water partition coefficient (Wildman–Crippen LogP) is 3.50. The Morgan fingerprint density at radius 3 is 2.89 bits per heavy atom. The summed E-state index contributed by atoms with van der Waals surface area (Å²) in [6.45, 7) is 4.11. The van der Waals surface area contributed by atoms with Crippen molar-refractivity contribution in [2.75, 3.05) is 7.11 Å². The van der Waals surface area contributed by atoms with E-state index in [0.29, 0.717) is 0 Å². The molecule has 2 aromatic rings. The van der Waals surface area contributed by atoms with Crippen LogP contribution in [0.25, 0.3) is 11.0 Å². The fraction of sp³-hybridized carbons (Fsp3) is 0.375. The van der Waals surface area contributed by atoms with Crippen molar-refractivity contribution in [3.8, 4) is 18.1 Å². The van der Waals surface area contributed by atoms with Crippen LogP contribution < -0.4 is 10.1 Å². The van der Waals surface area contributed by atoms with Gasteiger partial charge in [-0.1, -0.05) is 25.0 Å². The molecule has 0 saturated heterocycles. The number of methoxy groups -OCH3 is 1. The van der Waals surface area contributed by atoms with Crippen LogP contribution in [0.15, 0.2) is 28.7 Å². The van der Waals surface area contributed by atoms with E-state index in [2.05, 4.69) is 18.2 Å². The van der Waals surface area contributed by atoms with Gasteiger partial charge in [0.2, 0.25) is 0 Å². The molecule has 0 spiro atoms. The third kappa shape index (κ3) is 2.74. The lowest BCUT2D eigenvalue weighted by atomic mass is 10.1. The third-order valence-electron chi connectivity index (χ3n) is 3.23. The van der Waals surface area contributed by atoms with Crippen LogP contribution in [0.1, 0.15) is 32.1 Å². The molecule has 0 aliphatic rings. The molecule has 0 fully saturated rings. The predicted molar refractivity (Wildman–Crippen MR) is 77.2 cm³/mol. The van der Waals surface area contributed by atoms with Gasteiger partial charge in [-0.15, -0.1) is 6.42 Å². The van der Waals surface area contributed by atoms with Crippen molar-refractivity contribution < 1.29 is 9.15 Å². The van der Waals surface area contributed by atoms with Gasteiger partial charge in [0.1, 0.15) is 5.76 Å². The molecule has 100 valence electrons. The minimum absolute atomic E-state index is 0.0603. The standard InChI is InChI=1S/C16H19NO2/c1-5-13(6-2)17-11(3)15-10-12-8-7-9-14(18-4)16(12)19-15/h1,7-11,13,17H,6H2,2-4H3. The van der Waals surface area contributed by atoms with Gasteiger partial charge < -0.3 is 9.15 Å². The van der Waals surface area contributed by atoms with E-state index in [0.717, 1.165) is 28.9 Å². The number of terminal acetylenes is 1. The minimum atomic E-state index is 0.0603. The summed E-state index contributed by atoms with van der Waals surface area (Å²) in [4.78, 5) is 0. The molecule has 19 heavy (non-hydrogen) atoms. The van der Waals surface area contributed by atoms with E-state index >= 15 is 0 Å². The van der Waals surface area contributed by atoms with Crippen molar-refractivity contribution in [1.82, 2.24) is 5.32 Å². The Morgan fingerprint density at radius 2 is 2.26 bits per heavy atom.